The van der Waals surface area contributed by atoms with Crippen molar-refractivity contribution < 1.29 is 0 Å². The van der Waals surface area contributed by atoms with Crippen LogP contribution < -0.4 is 21.2 Å². The van der Waals surface area contributed by atoms with Gasteiger partial charge >= 0.3 is 0 Å². The molecular weight excluding hydrogens is 481 g/mol. The highest BCUT2D eigenvalue weighted by atomic mass is 32.5. The van der Waals surface area contributed by atoms with Crippen molar-refractivity contribution >= 4 is 64.8 Å². The summed E-state index contributed by atoms with van der Waals surface area (Å²) in [5, 5.41) is 5.48. The molecular formula is C27H27P3S2. The SMILES string of the molecule is CP(C)(=S)C(P(c1ccccc1)c1ccccc1)P(=S)(c1ccccc1)c1ccccc1. The highest BCUT2D eigenvalue weighted by molar-refractivity contribution is 8.33. The second-order valence-electron chi connectivity index (χ2n) is 8.15. The van der Waals surface area contributed by atoms with E-state index in [-0.39, 0.29) is 5.14 Å². The lowest BCUT2D eigenvalue weighted by Crippen LogP contribution is -2.30. The van der Waals surface area contributed by atoms with E-state index in [0.717, 1.165) is 0 Å². The largest absolute Gasteiger partial charge is 0.0970 e. The van der Waals surface area contributed by atoms with Gasteiger partial charge in [-0.2, -0.15) is 0 Å². The van der Waals surface area contributed by atoms with E-state index in [9.17, 15) is 0 Å². The van der Waals surface area contributed by atoms with E-state index in [0.29, 0.717) is 0 Å². The molecule has 0 bridgehead atoms. The number of rotatable bonds is 7. The van der Waals surface area contributed by atoms with Gasteiger partial charge in [0.05, 0.1) is 5.14 Å². The Kier molecular flexibility index (Phi) is 7.62. The van der Waals surface area contributed by atoms with Crippen LogP contribution in [0.2, 0.25) is 0 Å². The van der Waals surface area contributed by atoms with Crippen molar-refractivity contribution in [3.05, 3.63) is 121 Å². The van der Waals surface area contributed by atoms with Gasteiger partial charge in [-0.25, -0.2) is 0 Å². The summed E-state index contributed by atoms with van der Waals surface area (Å²) in [5.74, 6) is 0. The van der Waals surface area contributed by atoms with Gasteiger partial charge in [-0.1, -0.05) is 145 Å². The second-order valence-corrected chi connectivity index (χ2v) is 22.5. The molecule has 4 aromatic rings. The molecule has 0 aliphatic heterocycles. The van der Waals surface area contributed by atoms with Crippen molar-refractivity contribution in [3.8, 4) is 0 Å². The fourth-order valence-electron chi connectivity index (χ4n) is 4.14. The minimum atomic E-state index is -2.24. The summed E-state index contributed by atoms with van der Waals surface area (Å²) in [5.41, 5.74) is 0. The van der Waals surface area contributed by atoms with Gasteiger partial charge in [-0.05, 0) is 48.5 Å². The van der Waals surface area contributed by atoms with Crippen molar-refractivity contribution in [2.75, 3.05) is 13.3 Å². The zero-order chi connectivity index (χ0) is 22.6. The molecule has 0 nitrogen and oxygen atoms in total. The first-order valence-corrected chi connectivity index (χ1v) is 18.6. The highest BCUT2D eigenvalue weighted by Gasteiger charge is 2.43. The lowest BCUT2D eigenvalue weighted by Gasteiger charge is -2.42. The van der Waals surface area contributed by atoms with E-state index in [1.54, 1.807) is 0 Å². The maximum atomic E-state index is 6.87. The van der Waals surface area contributed by atoms with Crippen molar-refractivity contribution in [3.63, 3.8) is 0 Å². The number of hydrogen-bond donors (Lipinski definition) is 0. The van der Waals surface area contributed by atoms with Crippen molar-refractivity contribution in [1.29, 1.82) is 0 Å². The molecule has 0 amide bonds. The minimum absolute atomic E-state index is 0.226. The molecule has 162 valence electrons. The molecule has 0 fully saturated rings. The fraction of sp³-hybridized carbons (Fsp3) is 0.111. The molecule has 0 radical (unpaired) electrons. The average Bonchev–Trinajstić information content (AvgIpc) is 2.83. The van der Waals surface area contributed by atoms with Gasteiger partial charge in [0.2, 0.25) is 0 Å². The van der Waals surface area contributed by atoms with Crippen LogP contribution in [0.5, 0.6) is 0 Å². The number of benzene rings is 4. The van der Waals surface area contributed by atoms with Gasteiger partial charge in [-0.3, -0.25) is 0 Å². The maximum Gasteiger partial charge on any atom is 0.0526 e. The van der Waals surface area contributed by atoms with Crippen LogP contribution in [-0.4, -0.2) is 18.5 Å². The summed E-state index contributed by atoms with van der Waals surface area (Å²) in [7, 11) is -0.747. The van der Waals surface area contributed by atoms with Gasteiger partial charge in [-0.15, -0.1) is 0 Å². The predicted octanol–water partition coefficient (Wildman–Crippen LogP) is 6.27. The van der Waals surface area contributed by atoms with E-state index < -0.39 is 20.0 Å². The summed E-state index contributed by atoms with van der Waals surface area (Å²) in [4.78, 5) is 0. The summed E-state index contributed by atoms with van der Waals surface area (Å²) >= 11 is 13.3. The molecule has 4 aromatic carbocycles. The Hall–Kier alpha value is -1.39. The Morgan fingerprint density at radius 2 is 0.844 bits per heavy atom. The minimum Gasteiger partial charge on any atom is -0.0970 e. The zero-order valence-corrected chi connectivity index (χ0v) is 22.6. The number of hydrogen-bond acceptors (Lipinski definition) is 2. The Bertz CT molecular complexity index is 1150. The van der Waals surface area contributed by atoms with E-state index in [1.165, 1.54) is 21.2 Å². The molecule has 4 rings (SSSR count). The van der Waals surface area contributed by atoms with Crippen LogP contribution in [-0.2, 0) is 23.6 Å². The zero-order valence-electron chi connectivity index (χ0n) is 18.3. The Morgan fingerprint density at radius 3 is 1.16 bits per heavy atom. The van der Waals surface area contributed by atoms with E-state index in [2.05, 4.69) is 135 Å². The third-order valence-electron chi connectivity index (χ3n) is 5.46. The summed E-state index contributed by atoms with van der Waals surface area (Å²) in [6.45, 7) is 4.61. The Balaban J connectivity index is 2.07. The van der Waals surface area contributed by atoms with Crippen molar-refractivity contribution in [1.82, 2.24) is 0 Å². The lowest BCUT2D eigenvalue weighted by atomic mass is 10.4. The normalized spacial score (nSPS) is 13.1. The molecule has 5 heteroatoms. The van der Waals surface area contributed by atoms with Crippen LogP contribution in [0.15, 0.2) is 121 Å². The molecule has 1 atom stereocenters. The first-order valence-electron chi connectivity index (χ1n) is 10.6. The summed E-state index contributed by atoms with van der Waals surface area (Å²) in [6.07, 6.45) is 0. The van der Waals surface area contributed by atoms with Crippen LogP contribution in [0.4, 0.5) is 0 Å². The molecule has 1 unspecified atom stereocenters. The van der Waals surface area contributed by atoms with Gasteiger partial charge in [0, 0.05) is 6.04 Å². The van der Waals surface area contributed by atoms with Crippen LogP contribution in [0, 0.1) is 0 Å². The van der Waals surface area contributed by atoms with Crippen molar-refractivity contribution in [2.24, 2.45) is 0 Å². The van der Waals surface area contributed by atoms with Gasteiger partial charge in [0.15, 0.2) is 0 Å². The van der Waals surface area contributed by atoms with Crippen LogP contribution in [0.25, 0.3) is 0 Å². The molecule has 0 saturated heterocycles. The quantitative estimate of drug-likeness (QED) is 0.270. The molecule has 0 N–H and O–H groups in total. The molecule has 0 aliphatic rings. The molecule has 0 aromatic heterocycles. The predicted molar refractivity (Wildman–Crippen MR) is 155 cm³/mol. The van der Waals surface area contributed by atoms with Gasteiger partial charge in [0.1, 0.15) is 0 Å². The Morgan fingerprint density at radius 1 is 0.531 bits per heavy atom. The summed E-state index contributed by atoms with van der Waals surface area (Å²) in [6, 6.07) is 39.4. The first kappa shape index (κ1) is 23.8. The van der Waals surface area contributed by atoms with Crippen LogP contribution in [0.1, 0.15) is 0 Å². The monoisotopic (exact) mass is 508 g/mol. The molecule has 0 aliphatic carbocycles. The molecule has 0 heterocycles. The van der Waals surface area contributed by atoms with Gasteiger partial charge < -0.3 is 0 Å². The standard InChI is InChI=1S/C27H27P3S2/c1-29(2,31)27(28(23-15-7-3-8-16-23)24-17-9-4-10-18-24)30(32,25-19-11-5-12-20-25)26-21-13-6-14-22-26/h3-22,27H,1-2H3. The maximum absolute atomic E-state index is 6.87. The van der Waals surface area contributed by atoms with E-state index in [1.807, 2.05) is 0 Å². The smallest absolute Gasteiger partial charge is 0.0526 e. The molecule has 0 saturated carbocycles. The topological polar surface area (TPSA) is 0 Å². The second kappa shape index (κ2) is 10.3. The lowest BCUT2D eigenvalue weighted by molar-refractivity contribution is 1.70. The highest BCUT2D eigenvalue weighted by Crippen LogP contribution is 2.74. The first-order chi connectivity index (χ1) is 15.4. The van der Waals surface area contributed by atoms with Crippen LogP contribution >= 0.6 is 20.0 Å². The third-order valence-corrected chi connectivity index (χ3v) is 22.9. The van der Waals surface area contributed by atoms with E-state index in [4.69, 9.17) is 23.6 Å². The summed E-state index contributed by atoms with van der Waals surface area (Å²) < 4.78 is 0. The van der Waals surface area contributed by atoms with Crippen LogP contribution in [0.3, 0.4) is 0 Å². The van der Waals surface area contributed by atoms with Gasteiger partial charge in [0.25, 0.3) is 0 Å². The molecule has 32 heavy (non-hydrogen) atoms. The average molecular weight is 509 g/mol. The molecule has 0 spiro atoms. The van der Waals surface area contributed by atoms with Crippen molar-refractivity contribution in [2.45, 2.75) is 5.14 Å². The van der Waals surface area contributed by atoms with E-state index >= 15 is 0 Å². The fourth-order valence-corrected chi connectivity index (χ4v) is 24.2. The Labute approximate surface area is 203 Å². The third kappa shape index (κ3) is 4.92.